The molecule has 0 radical (unpaired) electrons. The Bertz CT molecular complexity index is 273. The second kappa shape index (κ2) is 2.47. The van der Waals surface area contributed by atoms with E-state index in [9.17, 15) is 9.59 Å². The van der Waals surface area contributed by atoms with Crippen molar-refractivity contribution in [2.45, 2.75) is 38.3 Å². The molecule has 13 heavy (non-hydrogen) atoms. The highest BCUT2D eigenvalue weighted by Crippen LogP contribution is 2.34. The van der Waals surface area contributed by atoms with Crippen LogP contribution in [0.1, 0.15) is 26.7 Å². The molecule has 2 fully saturated rings. The van der Waals surface area contributed by atoms with Gasteiger partial charge in [0.15, 0.2) is 0 Å². The van der Waals surface area contributed by atoms with Crippen molar-refractivity contribution in [3.05, 3.63) is 0 Å². The summed E-state index contributed by atoms with van der Waals surface area (Å²) >= 11 is 0. The maximum atomic E-state index is 11.5. The summed E-state index contributed by atoms with van der Waals surface area (Å²) in [6.07, 6.45) is 1.71. The summed E-state index contributed by atoms with van der Waals surface area (Å²) in [5.74, 6) is 0.0530. The smallest absolute Gasteiger partial charge is 0.243 e. The zero-order valence-corrected chi connectivity index (χ0v) is 7.96. The summed E-state index contributed by atoms with van der Waals surface area (Å²) in [5, 5.41) is 2.61. The Labute approximate surface area is 77.3 Å². The van der Waals surface area contributed by atoms with Gasteiger partial charge in [0.25, 0.3) is 0 Å². The topological polar surface area (TPSA) is 49.4 Å². The monoisotopic (exact) mass is 182 g/mol. The molecule has 1 atom stereocenters. The minimum atomic E-state index is -0.212. The van der Waals surface area contributed by atoms with Gasteiger partial charge in [-0.05, 0) is 26.7 Å². The van der Waals surface area contributed by atoms with Gasteiger partial charge in [-0.2, -0.15) is 0 Å². The van der Waals surface area contributed by atoms with Gasteiger partial charge in [-0.3, -0.25) is 9.59 Å². The highest BCUT2D eigenvalue weighted by atomic mass is 16.2. The molecular formula is C9H14N2O2. The van der Waals surface area contributed by atoms with Crippen molar-refractivity contribution < 1.29 is 9.59 Å². The van der Waals surface area contributed by atoms with Gasteiger partial charge < -0.3 is 10.2 Å². The lowest BCUT2D eigenvalue weighted by Gasteiger charge is -2.38. The Morgan fingerprint density at radius 3 is 2.77 bits per heavy atom. The minimum absolute atomic E-state index is 0.00479. The number of rotatable bonds is 0. The molecule has 0 aromatic heterocycles. The van der Waals surface area contributed by atoms with Gasteiger partial charge in [-0.25, -0.2) is 0 Å². The lowest BCUT2D eigenvalue weighted by molar-refractivity contribution is -0.147. The lowest BCUT2D eigenvalue weighted by atomic mass is 10.0. The van der Waals surface area contributed by atoms with Crippen LogP contribution in [0.4, 0.5) is 0 Å². The minimum Gasteiger partial charge on any atom is -0.345 e. The summed E-state index contributed by atoms with van der Waals surface area (Å²) in [4.78, 5) is 24.7. The molecule has 0 saturated carbocycles. The van der Waals surface area contributed by atoms with E-state index < -0.39 is 0 Å². The number of carbonyl (C=O) groups is 2. The van der Waals surface area contributed by atoms with E-state index in [2.05, 4.69) is 5.32 Å². The van der Waals surface area contributed by atoms with Crippen molar-refractivity contribution in [2.24, 2.45) is 0 Å². The average molecular weight is 182 g/mol. The van der Waals surface area contributed by atoms with Crippen molar-refractivity contribution >= 4 is 11.8 Å². The molecule has 0 unspecified atom stereocenters. The van der Waals surface area contributed by atoms with E-state index in [1.165, 1.54) is 0 Å². The molecule has 2 aliphatic rings. The number of nitrogens with zero attached hydrogens (tertiary/aromatic N) is 1. The first-order valence-corrected chi connectivity index (χ1v) is 4.62. The van der Waals surface area contributed by atoms with Crippen LogP contribution < -0.4 is 5.32 Å². The Morgan fingerprint density at radius 2 is 2.15 bits per heavy atom. The normalized spacial score (nSPS) is 31.5. The molecule has 0 aromatic carbocycles. The predicted molar refractivity (Wildman–Crippen MR) is 47.0 cm³/mol. The average Bonchev–Trinajstić information content (AvgIpc) is 2.36. The van der Waals surface area contributed by atoms with Crippen LogP contribution in [0.2, 0.25) is 0 Å². The number of carbonyl (C=O) groups excluding carboxylic acids is 2. The summed E-state index contributed by atoms with van der Waals surface area (Å²) in [7, 11) is 0. The fourth-order valence-electron chi connectivity index (χ4n) is 2.29. The first-order chi connectivity index (χ1) is 6.02. The number of fused-ring (bicyclic) bond motifs is 1. The zero-order chi connectivity index (χ0) is 9.64. The van der Waals surface area contributed by atoms with Crippen molar-refractivity contribution in [1.29, 1.82) is 0 Å². The van der Waals surface area contributed by atoms with Gasteiger partial charge in [-0.15, -0.1) is 0 Å². The summed E-state index contributed by atoms with van der Waals surface area (Å²) < 4.78 is 0. The molecule has 72 valence electrons. The first kappa shape index (κ1) is 8.53. The van der Waals surface area contributed by atoms with Crippen LogP contribution in [0, 0.1) is 0 Å². The van der Waals surface area contributed by atoms with Crippen molar-refractivity contribution in [3.8, 4) is 0 Å². The number of hydrogen-bond donors (Lipinski definition) is 1. The molecule has 2 heterocycles. The van der Waals surface area contributed by atoms with Crippen LogP contribution in [-0.4, -0.2) is 34.8 Å². The zero-order valence-electron chi connectivity index (χ0n) is 7.96. The molecule has 1 N–H and O–H groups in total. The van der Waals surface area contributed by atoms with Crippen LogP contribution >= 0.6 is 0 Å². The second-order valence-corrected chi connectivity index (χ2v) is 4.35. The first-order valence-electron chi connectivity index (χ1n) is 4.62. The molecule has 2 amide bonds. The third kappa shape index (κ3) is 1.12. The van der Waals surface area contributed by atoms with Crippen LogP contribution in [0.3, 0.4) is 0 Å². The summed E-state index contributed by atoms with van der Waals surface area (Å²) in [5.41, 5.74) is -0.139. The van der Waals surface area contributed by atoms with Crippen molar-refractivity contribution in [2.75, 3.05) is 6.54 Å². The maximum Gasteiger partial charge on any atom is 0.243 e. The van der Waals surface area contributed by atoms with Gasteiger partial charge in [0, 0.05) is 5.54 Å². The molecule has 0 aromatic rings. The van der Waals surface area contributed by atoms with Gasteiger partial charge in [-0.1, -0.05) is 0 Å². The van der Waals surface area contributed by atoms with E-state index in [1.54, 1.807) is 4.90 Å². The van der Waals surface area contributed by atoms with Crippen LogP contribution in [0.25, 0.3) is 0 Å². The fraction of sp³-hybridized carbons (Fsp3) is 0.778. The molecule has 2 saturated heterocycles. The van der Waals surface area contributed by atoms with E-state index in [4.69, 9.17) is 0 Å². The molecule has 0 aliphatic carbocycles. The number of nitrogens with one attached hydrogen (secondary N) is 1. The quantitative estimate of drug-likeness (QED) is 0.568. The number of amides is 2. The summed E-state index contributed by atoms with van der Waals surface area (Å²) in [6, 6.07) is -0.212. The standard InChI is InChI=1S/C9H14N2O2/c1-9(2)4-3-6-8(13)10-5-7(12)11(6)9/h6H,3-5H2,1-2H3,(H,10,13)/t6-/m0/s1. The highest BCUT2D eigenvalue weighted by Gasteiger charge is 2.47. The number of hydrogen-bond acceptors (Lipinski definition) is 2. The number of piperazine rings is 1. The summed E-state index contributed by atoms with van der Waals surface area (Å²) in [6.45, 7) is 4.20. The molecular weight excluding hydrogens is 168 g/mol. The van der Waals surface area contributed by atoms with Gasteiger partial charge >= 0.3 is 0 Å². The van der Waals surface area contributed by atoms with Gasteiger partial charge in [0.05, 0.1) is 6.54 Å². The van der Waals surface area contributed by atoms with E-state index in [1.807, 2.05) is 13.8 Å². The highest BCUT2D eigenvalue weighted by molar-refractivity contribution is 5.95. The molecule has 2 rings (SSSR count). The maximum absolute atomic E-state index is 11.5. The SMILES string of the molecule is CC1(C)CC[C@H]2C(=O)NCC(=O)N21. The fourth-order valence-corrected chi connectivity index (χ4v) is 2.29. The predicted octanol–water partition coefficient (Wildman–Crippen LogP) is -0.114. The Balaban J connectivity index is 2.31. The molecule has 4 heteroatoms. The third-order valence-corrected chi connectivity index (χ3v) is 2.98. The second-order valence-electron chi connectivity index (χ2n) is 4.35. The molecule has 2 aliphatic heterocycles. The van der Waals surface area contributed by atoms with E-state index in [0.29, 0.717) is 0 Å². The molecule has 0 bridgehead atoms. The van der Waals surface area contributed by atoms with Crippen LogP contribution in [0.15, 0.2) is 0 Å². The molecule has 4 nitrogen and oxygen atoms in total. The van der Waals surface area contributed by atoms with Crippen LogP contribution in [0.5, 0.6) is 0 Å². The largest absolute Gasteiger partial charge is 0.345 e. The van der Waals surface area contributed by atoms with Crippen molar-refractivity contribution in [1.82, 2.24) is 10.2 Å². The van der Waals surface area contributed by atoms with Crippen LogP contribution in [-0.2, 0) is 9.59 Å². The lowest BCUT2D eigenvalue weighted by Crippen LogP contribution is -2.60. The van der Waals surface area contributed by atoms with E-state index in [-0.39, 0.29) is 29.9 Å². The van der Waals surface area contributed by atoms with Gasteiger partial charge in [0.1, 0.15) is 6.04 Å². The van der Waals surface area contributed by atoms with E-state index in [0.717, 1.165) is 12.8 Å². The Kier molecular flexibility index (Phi) is 1.62. The Hall–Kier alpha value is -1.06. The van der Waals surface area contributed by atoms with Crippen molar-refractivity contribution in [3.63, 3.8) is 0 Å². The van der Waals surface area contributed by atoms with Gasteiger partial charge in [0.2, 0.25) is 11.8 Å². The molecule has 0 spiro atoms. The van der Waals surface area contributed by atoms with E-state index >= 15 is 0 Å². The third-order valence-electron chi connectivity index (χ3n) is 2.98. The Morgan fingerprint density at radius 1 is 1.46 bits per heavy atom.